The molecule has 10 aliphatic heterocycles. The normalized spacial score (nSPS) is 23.2. The van der Waals surface area contributed by atoms with E-state index in [0.717, 1.165) is 32.7 Å². The molecule has 55 heteroatoms. The Balaban J connectivity index is 0.000000277. The Hall–Kier alpha value is -12.6. The van der Waals surface area contributed by atoms with Gasteiger partial charge in [-0.2, -0.15) is 0 Å². The first-order chi connectivity index (χ1) is 68.4. The number of carbonyl (C=O) groups excluding carboxylic acids is 25. The summed E-state index contributed by atoms with van der Waals surface area (Å²) in [5.41, 5.74) is 0. The van der Waals surface area contributed by atoms with E-state index in [-0.39, 0.29) is 283 Å². The highest BCUT2D eigenvalue weighted by atomic mass is 16.8. The molecule has 10 fully saturated rings. The molecule has 0 aliphatic carbocycles. The van der Waals surface area contributed by atoms with Crippen LogP contribution in [0.2, 0.25) is 0 Å². The second-order valence-electron chi connectivity index (χ2n) is 37.2. The summed E-state index contributed by atoms with van der Waals surface area (Å²) >= 11 is 0. The van der Waals surface area contributed by atoms with Gasteiger partial charge in [0.1, 0.15) is 30.2 Å². The summed E-state index contributed by atoms with van der Waals surface area (Å²) < 4.78 is 0. The van der Waals surface area contributed by atoms with Crippen molar-refractivity contribution in [2.75, 3.05) is 201 Å². The van der Waals surface area contributed by atoms with E-state index in [1.54, 1.807) is 0 Å². The van der Waals surface area contributed by atoms with E-state index in [1.165, 1.54) is 0 Å². The van der Waals surface area contributed by atoms with Crippen molar-refractivity contribution in [1.82, 2.24) is 127 Å². The van der Waals surface area contributed by atoms with Gasteiger partial charge < -0.3 is 102 Å². The van der Waals surface area contributed by atoms with Crippen molar-refractivity contribution >= 4 is 148 Å². The van der Waals surface area contributed by atoms with E-state index >= 15 is 0 Å². The highest BCUT2D eigenvalue weighted by Gasteiger charge is 2.42. The molecule has 10 atom stereocenters. The monoisotopic (exact) mass is 2100 g/mol. The number of hydrogen-bond donors (Lipinski definition) is 10. The fourth-order valence-corrected chi connectivity index (χ4v) is 15.9. The average molecular weight is 2100 g/mol. The Kier molecular flexibility index (Phi) is 50.4. The van der Waals surface area contributed by atoms with Crippen molar-refractivity contribution in [3.8, 4) is 0 Å². The summed E-state index contributed by atoms with van der Waals surface area (Å²) in [6.07, 6.45) is -0.207. The summed E-state index contributed by atoms with van der Waals surface area (Å²) in [6.45, 7) is 18.6. The zero-order valence-electron chi connectivity index (χ0n) is 85.5. The minimum absolute atomic E-state index is 0.00980. The highest BCUT2D eigenvalue weighted by molar-refractivity contribution is 6.05. The average Bonchev–Trinajstić information content (AvgIpc) is 1.27. The fourth-order valence-electron chi connectivity index (χ4n) is 15.9. The van der Waals surface area contributed by atoms with Crippen molar-refractivity contribution in [2.45, 2.75) is 223 Å². The van der Waals surface area contributed by atoms with E-state index in [1.807, 2.05) is 95.0 Å². The Morgan fingerprint density at radius 2 is 0.317 bits per heavy atom. The Labute approximate surface area is 840 Å². The van der Waals surface area contributed by atoms with Crippen molar-refractivity contribution in [1.29, 1.82) is 0 Å². The maximum Gasteiger partial charge on any atom is 0.334 e. The predicted octanol–water partition coefficient (Wildman–Crippen LogP) is -8.80. The maximum absolute atomic E-state index is 12.3. The third-order valence-electron chi connectivity index (χ3n) is 25.5. The number of hydrogen-bond acceptors (Lipinski definition) is 40. The lowest BCUT2D eigenvalue weighted by atomic mass is 10.2. The van der Waals surface area contributed by atoms with Crippen molar-refractivity contribution < 1.29 is 144 Å². The molecular formula is C90H145N25O30. The molecule has 145 heavy (non-hydrogen) atoms. The molecule has 0 aromatic heterocycles. The van der Waals surface area contributed by atoms with Crippen LogP contribution in [-0.4, -0.2) is 484 Å². The van der Waals surface area contributed by atoms with Crippen LogP contribution in [0.4, 0.5) is 0 Å². The van der Waals surface area contributed by atoms with Crippen LogP contribution in [0.1, 0.15) is 163 Å². The second-order valence-corrected chi connectivity index (χ2v) is 37.2. The van der Waals surface area contributed by atoms with Crippen LogP contribution < -0.4 is 53.2 Å². The molecular weight excluding hydrogens is 1960 g/mol. The Morgan fingerprint density at radius 3 is 0.448 bits per heavy atom. The molecule has 810 valence electrons. The Morgan fingerprint density at radius 1 is 0.193 bits per heavy atom. The first kappa shape index (κ1) is 121. The van der Waals surface area contributed by atoms with Gasteiger partial charge >= 0.3 is 29.8 Å². The van der Waals surface area contributed by atoms with Gasteiger partial charge in [0.15, 0.2) is 0 Å². The number of piperazine rings is 5. The molecule has 10 heterocycles. The minimum Gasteiger partial charge on any atom is -0.355 e. The van der Waals surface area contributed by atoms with Crippen LogP contribution in [-0.2, 0) is 144 Å². The van der Waals surface area contributed by atoms with Crippen LogP contribution in [0.5, 0.6) is 0 Å². The lowest BCUT2D eigenvalue weighted by Gasteiger charge is -2.41. The second kappa shape index (κ2) is 60.3. The summed E-state index contributed by atoms with van der Waals surface area (Å²) in [5, 5.41) is 28.9. The number of nitrogens with one attached hydrogen (secondary N) is 10. The first-order valence-corrected chi connectivity index (χ1v) is 48.5. The quantitative estimate of drug-likeness (QED) is 0.0155. The first-order valence-electron chi connectivity index (χ1n) is 48.5. The van der Waals surface area contributed by atoms with Crippen LogP contribution >= 0.6 is 0 Å². The number of likely N-dealkylation sites (N-methyl/N-ethyl adjacent to an activating group) is 10. The smallest absolute Gasteiger partial charge is 0.334 e. The topological polar surface area (TPSA) is 642 Å². The van der Waals surface area contributed by atoms with Gasteiger partial charge in [-0.1, -0.05) is 0 Å². The third kappa shape index (κ3) is 40.7. The molecule has 0 spiro atoms. The molecule has 10 N–H and O–H groups in total. The standard InChI is InChI=1S/5C18H29N5O6/c5*1-12-10-22(3)13(11-21(12)2)18(28)20-8-6-14(24)19-9-7-17(27)29-23-15(25)4-5-16(23)26/h5*12-13H,4-11H2,1-3H3,(H,19,24)(H,20,28)/i2+1,3+1,7+1,10+1,12+1,17+1,19+1,21+1,22+1;1+1,2+1,3+1,10+1,12+1,17+1,19+1,21+1,22+1;1+1,2+1,3+1,10+1,12+1,13+1,17+1,19+1,21+1;1+1,2+1,3+1,7+1,10+1,12+1,17+1,19+1,21+1;1+1,2+1,3+1,7+1,10+1,12+1,13+1,17+1,19+1. The van der Waals surface area contributed by atoms with Gasteiger partial charge in [0.05, 0.1) is 32.1 Å². The van der Waals surface area contributed by atoms with Gasteiger partial charge in [-0.05, 0) is 105 Å². The molecule has 10 rings (SSSR count). The van der Waals surface area contributed by atoms with Gasteiger partial charge in [-0.15, -0.1) is 25.3 Å². The lowest BCUT2D eigenvalue weighted by molar-refractivity contribution is -0.197. The molecule has 10 aliphatic rings. The van der Waals surface area contributed by atoms with Crippen LogP contribution in [0, 0.1) is 0 Å². The predicted molar refractivity (Wildman–Crippen MR) is 505 cm³/mol. The summed E-state index contributed by atoms with van der Waals surface area (Å²) in [7, 11) is 19.4. The molecule has 10 unspecified atom stereocenters. The van der Waals surface area contributed by atoms with E-state index in [2.05, 4.69) is 112 Å². The number of imide groups is 5. The van der Waals surface area contributed by atoms with Gasteiger partial charge in [-0.3, -0.25) is 120 Å². The number of nitrogens with zero attached hydrogens (tertiary/aromatic N) is 15. The summed E-state index contributed by atoms with van der Waals surface area (Å²) in [5.74, 6) is -11.6. The van der Waals surface area contributed by atoms with Gasteiger partial charge in [0.2, 0.25) is 59.1 Å². The van der Waals surface area contributed by atoms with Crippen molar-refractivity contribution in [3.63, 3.8) is 0 Å². The Bertz CT molecular complexity index is 3920. The molecule has 10 saturated heterocycles. The molecule has 0 aromatic carbocycles. The number of hydroxylamine groups is 10. The van der Waals surface area contributed by atoms with Gasteiger partial charge in [0, 0.05) is 257 Å². The van der Waals surface area contributed by atoms with Crippen molar-refractivity contribution in [2.24, 2.45) is 0 Å². The molecule has 0 bridgehead atoms. The summed E-state index contributed by atoms with van der Waals surface area (Å²) in [6, 6.07) is 0.594. The largest absolute Gasteiger partial charge is 0.355 e. The van der Waals surface area contributed by atoms with Crippen LogP contribution in [0.3, 0.4) is 0 Å². The molecule has 0 radical (unpaired) electrons. The molecule has 55 nitrogen and oxygen atoms in total. The zero-order valence-corrected chi connectivity index (χ0v) is 85.5. The maximum atomic E-state index is 12.3. The number of amides is 20. The molecule has 0 aromatic rings. The fraction of sp³-hybridized carbons (Fsp3) is 0.722. The lowest BCUT2D eigenvalue weighted by Crippen LogP contribution is -2.59. The van der Waals surface area contributed by atoms with Crippen LogP contribution in [0.15, 0.2) is 0 Å². The van der Waals surface area contributed by atoms with Crippen LogP contribution in [0.25, 0.3) is 0 Å². The van der Waals surface area contributed by atoms with E-state index < -0.39 is 88.9 Å². The molecule has 0 saturated carbocycles. The summed E-state index contributed by atoms with van der Waals surface area (Å²) in [4.78, 5) is 337. The van der Waals surface area contributed by atoms with Crippen molar-refractivity contribution in [3.05, 3.63) is 0 Å². The van der Waals surface area contributed by atoms with Gasteiger partial charge in [0.25, 0.3) is 59.1 Å². The zero-order chi connectivity index (χ0) is 108. The SMILES string of the molecule is C[13CH]1[13CH2][15N]([13CH3])C(C(=O)NCCC(=O)[15NH]C[13CH2][13C](=O)ON2C(=O)CCC2=O)C[15N]1[13CH3].[13CH3][13CH]1[13CH2]N([13CH3])C(C(=O)NCCC(=O)[15NH]C[13CH2][13C](=O)ON2C(=O)CCC2=O)C[15N]1[13CH3].[13CH3][13CH]1[13CH2]N([13CH3])[13CH](C(=O)NCCC(=O)[15NH]CC[13C](=O)ON2C(=O)CCC2=O)C[15N]1[13CH3].[13CH3][13CH]1[13CH2]N([13CH3])[13CH](C(=O)NCCC(=O)[15NH]C[13CH2][13C](=O)ON2C(=O)CCC2=O)CN1[13CH3].[13CH3][13CH]1[13CH2][15N]([13CH3])C(C(=O)NCCC(=O)[15NH]CC[13C](=O)ON2C(=O)CCC2=O)C[15N]1[13CH3]. The highest BCUT2D eigenvalue weighted by Crippen LogP contribution is 2.22. The number of rotatable bonds is 40. The van der Waals surface area contributed by atoms with E-state index in [4.69, 9.17) is 24.2 Å². The van der Waals surface area contributed by atoms with Gasteiger partial charge in [-0.25, -0.2) is 24.0 Å². The number of carbonyl (C=O) groups is 25. The van der Waals surface area contributed by atoms with E-state index in [9.17, 15) is 120 Å². The third-order valence-corrected chi connectivity index (χ3v) is 25.5. The minimum atomic E-state index is -0.777. The molecule has 20 amide bonds. The van der Waals surface area contributed by atoms with E-state index in [0.29, 0.717) is 88.2 Å².